The molecule has 0 radical (unpaired) electrons. The van der Waals surface area contributed by atoms with Crippen molar-refractivity contribution in [2.75, 3.05) is 13.2 Å². The molecule has 0 bridgehead atoms. The quantitative estimate of drug-likeness (QED) is 0.0383. The van der Waals surface area contributed by atoms with Crippen molar-refractivity contribution in [1.29, 1.82) is 0 Å². The van der Waals surface area contributed by atoms with Gasteiger partial charge in [-0.15, -0.1) is 0 Å². The lowest BCUT2D eigenvalue weighted by Crippen LogP contribution is -2.64. The van der Waals surface area contributed by atoms with Crippen molar-refractivity contribution in [3.8, 4) is 0 Å². The van der Waals surface area contributed by atoms with Crippen LogP contribution in [0.1, 0.15) is 77.0 Å². The predicted octanol–water partition coefficient (Wildman–Crippen LogP) is -2.97. The maximum Gasteiger partial charge on any atom is 0.330 e. The molecule has 3 saturated heterocycles. The maximum atomic E-state index is 12.6. The molecule has 6 aliphatic rings. The summed E-state index contributed by atoms with van der Waals surface area (Å²) in [6.45, 7) is -1.13. The molecule has 20 nitrogen and oxygen atoms in total. The number of allylic oxidation sites excluding steroid dienone is 1. The van der Waals surface area contributed by atoms with Crippen LogP contribution >= 0.6 is 0 Å². The lowest BCUT2D eigenvalue weighted by atomic mass is 9.73. The smallest absolute Gasteiger partial charge is 0.330 e. The van der Waals surface area contributed by atoms with Gasteiger partial charge in [-0.2, -0.15) is 0 Å². The van der Waals surface area contributed by atoms with Crippen molar-refractivity contribution in [3.05, 3.63) is 12.2 Å². The summed E-state index contributed by atoms with van der Waals surface area (Å²) in [5.74, 6) is -3.76. The Hall–Kier alpha value is -2.41. The molecule has 3 aliphatic carbocycles. The highest BCUT2D eigenvalue weighted by atomic mass is 16.7. The first-order chi connectivity index (χ1) is 28.1. The number of ether oxygens (including phenoxy) is 7. The molecule has 16 atom stereocenters. The number of carboxylic acid groups (broad SMARTS) is 1. The zero-order valence-electron chi connectivity index (χ0n) is 32.7. The summed E-state index contributed by atoms with van der Waals surface area (Å²) in [4.78, 5) is 35.3. The van der Waals surface area contributed by atoms with Crippen molar-refractivity contribution in [2.24, 2.45) is 17.8 Å². The number of rotatable bonds is 13. The van der Waals surface area contributed by atoms with Gasteiger partial charge < -0.3 is 84.2 Å². The van der Waals surface area contributed by atoms with E-state index in [-0.39, 0.29) is 37.2 Å². The van der Waals surface area contributed by atoms with Crippen LogP contribution in [-0.4, -0.2) is 191 Å². The van der Waals surface area contributed by atoms with Crippen molar-refractivity contribution in [3.63, 3.8) is 0 Å². The van der Waals surface area contributed by atoms with Gasteiger partial charge in [-0.05, 0) is 63.7 Å². The first kappa shape index (κ1) is 46.1. The van der Waals surface area contributed by atoms with E-state index in [1.807, 2.05) is 0 Å². The molecule has 0 aromatic heterocycles. The van der Waals surface area contributed by atoms with E-state index in [0.29, 0.717) is 38.5 Å². The second kappa shape index (κ2) is 20.6. The van der Waals surface area contributed by atoms with Gasteiger partial charge in [0.1, 0.15) is 74.6 Å². The van der Waals surface area contributed by atoms with Gasteiger partial charge in [-0.1, -0.05) is 6.08 Å². The van der Waals surface area contributed by atoms with E-state index >= 15 is 0 Å². The summed E-state index contributed by atoms with van der Waals surface area (Å²) in [6, 6.07) is 0. The number of carbonyl (C=O) groups excluding carboxylic acids is 2. The third-order valence-electron chi connectivity index (χ3n) is 12.8. The Bertz CT molecular complexity index is 1420. The van der Waals surface area contributed by atoms with Gasteiger partial charge in [-0.25, -0.2) is 4.79 Å². The minimum atomic E-state index is -1.82. The molecular weight excluding hydrogens is 788 g/mol. The molecule has 20 heteroatoms. The van der Waals surface area contributed by atoms with Crippen LogP contribution in [0.15, 0.2) is 12.2 Å². The zero-order chi connectivity index (χ0) is 42.5. The van der Waals surface area contributed by atoms with E-state index in [1.165, 1.54) is 6.08 Å². The lowest BCUT2D eigenvalue weighted by Gasteiger charge is -2.50. The molecule has 16 unspecified atom stereocenters. The first-order valence-corrected chi connectivity index (χ1v) is 20.7. The number of hydrogen-bond donors (Lipinski definition) is 10. The molecule has 6 fully saturated rings. The van der Waals surface area contributed by atoms with E-state index in [0.717, 1.165) is 12.8 Å². The maximum absolute atomic E-state index is 12.6. The number of aliphatic hydroxyl groups excluding tert-OH is 9. The van der Waals surface area contributed by atoms with E-state index in [4.69, 9.17) is 38.3 Å². The van der Waals surface area contributed by atoms with Crippen LogP contribution in [0.4, 0.5) is 0 Å². The average Bonchev–Trinajstić information content (AvgIpc) is 3.20. The minimum Gasteiger partial charge on any atom is -0.481 e. The Morgan fingerprint density at radius 1 is 0.610 bits per heavy atom. The van der Waals surface area contributed by atoms with Crippen molar-refractivity contribution in [2.45, 2.75) is 181 Å². The largest absolute Gasteiger partial charge is 0.481 e. The standard InChI is InChI=1S/C39H60O20/c40-19-6-1-17(2-7-19)3-10-29(45)53-15-26-31(47)34(50)36(52)39(59-26)57-25-13-22-23(55-37(25)18-4-8-20(41)9-5-18)11-21(42)12-24(22)56-38-35(51)33(49)32(48)27(58-38)16-54-30(46)14-28(43)44/h3,10,17-27,31-42,47-52H,1-2,4-9,11-16H2,(H,43,44)/p+1. The number of hydrogen-bond acceptors (Lipinski definition) is 18. The van der Waals surface area contributed by atoms with Crippen molar-refractivity contribution < 1.29 is 98.6 Å². The van der Waals surface area contributed by atoms with E-state index in [1.54, 1.807) is 6.08 Å². The molecule has 336 valence electrons. The Morgan fingerprint density at radius 3 is 1.73 bits per heavy atom. The van der Waals surface area contributed by atoms with Gasteiger partial charge in [0.05, 0.1) is 30.3 Å². The lowest BCUT2D eigenvalue weighted by molar-refractivity contribution is -0.366. The van der Waals surface area contributed by atoms with Crippen molar-refractivity contribution >= 4 is 17.9 Å². The van der Waals surface area contributed by atoms with Gasteiger partial charge in [-0.3, -0.25) is 9.59 Å². The molecule has 6 rings (SSSR count). The molecule has 0 aromatic rings. The molecule has 0 amide bonds. The number of carboxylic acids is 1. The van der Waals surface area contributed by atoms with Crippen LogP contribution in [0, 0.1) is 17.8 Å². The van der Waals surface area contributed by atoms with Crippen molar-refractivity contribution in [1.82, 2.24) is 0 Å². The third-order valence-corrected chi connectivity index (χ3v) is 12.8. The second-order valence-electron chi connectivity index (χ2n) is 17.0. The average molecular weight is 850 g/mol. The highest BCUT2D eigenvalue weighted by Gasteiger charge is 2.56. The van der Waals surface area contributed by atoms with Crippen LogP contribution in [0.25, 0.3) is 0 Å². The molecule has 3 saturated carbocycles. The van der Waals surface area contributed by atoms with Crippen LogP contribution < -0.4 is 0 Å². The van der Waals surface area contributed by atoms with E-state index < -0.39 is 141 Å². The van der Waals surface area contributed by atoms with E-state index in [2.05, 4.69) is 0 Å². The van der Waals surface area contributed by atoms with Crippen LogP contribution in [0.5, 0.6) is 0 Å². The summed E-state index contributed by atoms with van der Waals surface area (Å²) in [6.07, 6.45) is -13.3. The number of aliphatic hydroxyl groups is 11. The summed E-state index contributed by atoms with van der Waals surface area (Å²) in [5.41, 5.74) is 0. The van der Waals surface area contributed by atoms with Gasteiger partial charge in [0, 0.05) is 24.8 Å². The Morgan fingerprint density at radius 2 is 1.15 bits per heavy atom. The monoisotopic (exact) mass is 849 g/mol. The number of aliphatic carboxylic acids is 1. The van der Waals surface area contributed by atoms with Crippen LogP contribution in [0.3, 0.4) is 0 Å². The van der Waals surface area contributed by atoms with Gasteiger partial charge in [0.15, 0.2) is 24.8 Å². The topological polar surface area (TPSA) is 322 Å². The third kappa shape index (κ3) is 11.7. The van der Waals surface area contributed by atoms with Gasteiger partial charge in [0.25, 0.3) is 0 Å². The fourth-order valence-electron chi connectivity index (χ4n) is 9.35. The first-order valence-electron chi connectivity index (χ1n) is 20.7. The summed E-state index contributed by atoms with van der Waals surface area (Å²) in [7, 11) is 0. The summed E-state index contributed by atoms with van der Waals surface area (Å²) >= 11 is 0. The molecule has 59 heavy (non-hydrogen) atoms. The minimum absolute atomic E-state index is 0.0330. The summed E-state index contributed by atoms with van der Waals surface area (Å²) in [5, 5.41) is 105. The number of carbonyl (C=O) groups is 3. The fraction of sp³-hybridized carbons (Fsp3) is 0.872. The highest BCUT2D eigenvalue weighted by molar-refractivity contribution is 5.90. The van der Waals surface area contributed by atoms with Gasteiger partial charge in [0.2, 0.25) is 0 Å². The summed E-state index contributed by atoms with van der Waals surface area (Å²) < 4.78 is 39.8. The number of esters is 2. The van der Waals surface area contributed by atoms with Gasteiger partial charge >= 0.3 is 17.9 Å². The molecule has 3 aliphatic heterocycles. The Kier molecular flexibility index (Phi) is 16.1. The molecule has 3 heterocycles. The Balaban J connectivity index is 1.15. The molecule has 0 aromatic carbocycles. The number of fused-ring (bicyclic) bond motifs is 1. The molecular formula is C39H61O20+. The van der Waals surface area contributed by atoms with Crippen LogP contribution in [0.2, 0.25) is 0 Å². The second-order valence-corrected chi connectivity index (χ2v) is 17.0. The highest BCUT2D eigenvalue weighted by Crippen LogP contribution is 2.44. The van der Waals surface area contributed by atoms with E-state index in [9.17, 15) is 60.3 Å². The SMILES string of the molecule is O=C(O)CC(=O)OCC1OC(OC2CC(O)CC3[OH+]C(C4CCC(O)CC4)C(OC4OC(COC(=O)C=CC5CCC(O)CC5)C(O)C(O)C4O)CC23)C(O)C(O)C1O. The predicted molar refractivity (Wildman–Crippen MR) is 195 cm³/mol. The Labute approximate surface area is 340 Å². The van der Waals surface area contributed by atoms with Crippen LogP contribution in [-0.2, 0) is 42.8 Å². The fourth-order valence-corrected chi connectivity index (χ4v) is 9.35. The molecule has 11 N–H and O–H groups in total. The normalized spacial score (nSPS) is 45.6. The zero-order valence-corrected chi connectivity index (χ0v) is 32.7. The molecule has 0 spiro atoms.